The molecule has 0 amide bonds. The number of hydrogen-bond donors (Lipinski definition) is 1. The van der Waals surface area contributed by atoms with Gasteiger partial charge in [-0.1, -0.05) is 13.0 Å². The first-order chi connectivity index (χ1) is 8.81. The minimum Gasteiger partial charge on any atom is -0.326 e. The average molecular weight is 261 g/mol. The normalized spacial score (nSPS) is 10.8. The Morgan fingerprint density at radius 2 is 2.22 bits per heavy atom. The molecule has 0 fully saturated rings. The number of thioether (sulfide) groups is 1. The van der Waals surface area contributed by atoms with E-state index in [1.165, 1.54) is 10.5 Å². The van der Waals surface area contributed by atoms with Crippen LogP contribution in [0.1, 0.15) is 24.7 Å². The van der Waals surface area contributed by atoms with Crippen LogP contribution in [0.5, 0.6) is 0 Å². The van der Waals surface area contributed by atoms with Crippen molar-refractivity contribution in [1.82, 2.24) is 9.55 Å². The first-order valence-electron chi connectivity index (χ1n) is 6.20. The van der Waals surface area contributed by atoms with Gasteiger partial charge in [0, 0.05) is 35.8 Å². The van der Waals surface area contributed by atoms with Gasteiger partial charge in [0.1, 0.15) is 5.82 Å². The SMILES string of the molecule is CCCc1nccn1-c1cccc(SC)c1CN. The second-order valence-corrected chi connectivity index (χ2v) is 4.97. The van der Waals surface area contributed by atoms with Crippen molar-refractivity contribution < 1.29 is 0 Å². The van der Waals surface area contributed by atoms with Crippen molar-refractivity contribution in [3.8, 4) is 5.69 Å². The molecule has 2 rings (SSSR count). The molecule has 0 aliphatic carbocycles. The zero-order valence-electron chi connectivity index (χ0n) is 10.9. The highest BCUT2D eigenvalue weighted by atomic mass is 32.2. The molecule has 4 heteroatoms. The largest absolute Gasteiger partial charge is 0.326 e. The summed E-state index contributed by atoms with van der Waals surface area (Å²) in [5, 5.41) is 0. The van der Waals surface area contributed by atoms with E-state index in [2.05, 4.69) is 40.9 Å². The van der Waals surface area contributed by atoms with Crippen LogP contribution in [0.2, 0.25) is 0 Å². The predicted molar refractivity (Wildman–Crippen MR) is 77.2 cm³/mol. The number of aryl methyl sites for hydroxylation is 1. The third-order valence-electron chi connectivity index (χ3n) is 2.98. The Balaban J connectivity index is 2.52. The molecular weight excluding hydrogens is 242 g/mol. The van der Waals surface area contributed by atoms with E-state index in [0.717, 1.165) is 24.4 Å². The number of nitrogens with two attached hydrogens (primary N) is 1. The van der Waals surface area contributed by atoms with E-state index >= 15 is 0 Å². The number of imidazole rings is 1. The number of rotatable bonds is 5. The Morgan fingerprint density at radius 3 is 2.89 bits per heavy atom. The molecule has 96 valence electrons. The molecule has 0 aliphatic rings. The van der Waals surface area contributed by atoms with Crippen LogP contribution in [0.3, 0.4) is 0 Å². The fourth-order valence-electron chi connectivity index (χ4n) is 2.14. The average Bonchev–Trinajstić information content (AvgIpc) is 2.86. The van der Waals surface area contributed by atoms with Crippen molar-refractivity contribution in [2.24, 2.45) is 5.73 Å². The second-order valence-electron chi connectivity index (χ2n) is 4.13. The predicted octanol–water partition coefficient (Wildman–Crippen LogP) is 3.01. The van der Waals surface area contributed by atoms with E-state index in [-0.39, 0.29) is 0 Å². The van der Waals surface area contributed by atoms with Crippen molar-refractivity contribution in [3.05, 3.63) is 42.0 Å². The molecule has 0 bridgehead atoms. The van der Waals surface area contributed by atoms with Gasteiger partial charge in [-0.3, -0.25) is 0 Å². The van der Waals surface area contributed by atoms with E-state index in [4.69, 9.17) is 5.73 Å². The second kappa shape index (κ2) is 6.07. The van der Waals surface area contributed by atoms with E-state index in [1.807, 2.05) is 12.4 Å². The van der Waals surface area contributed by atoms with Gasteiger partial charge in [0.2, 0.25) is 0 Å². The fourth-order valence-corrected chi connectivity index (χ4v) is 2.79. The molecule has 1 heterocycles. The van der Waals surface area contributed by atoms with Crippen LogP contribution in [0.25, 0.3) is 5.69 Å². The monoisotopic (exact) mass is 261 g/mol. The lowest BCUT2D eigenvalue weighted by atomic mass is 10.1. The minimum atomic E-state index is 0.552. The summed E-state index contributed by atoms with van der Waals surface area (Å²) in [5.74, 6) is 1.10. The van der Waals surface area contributed by atoms with Gasteiger partial charge in [-0.05, 0) is 24.8 Å². The number of aromatic nitrogens is 2. The number of benzene rings is 1. The van der Waals surface area contributed by atoms with Gasteiger partial charge in [0.15, 0.2) is 0 Å². The van der Waals surface area contributed by atoms with Crippen molar-refractivity contribution in [2.75, 3.05) is 6.26 Å². The third kappa shape index (κ3) is 2.44. The van der Waals surface area contributed by atoms with E-state index < -0.39 is 0 Å². The Hall–Kier alpha value is -1.26. The lowest BCUT2D eigenvalue weighted by molar-refractivity contribution is 0.800. The summed E-state index contributed by atoms with van der Waals surface area (Å²) in [6, 6.07) is 6.31. The summed E-state index contributed by atoms with van der Waals surface area (Å²) in [6.45, 7) is 2.72. The molecule has 0 unspecified atom stereocenters. The molecule has 1 aromatic heterocycles. The van der Waals surface area contributed by atoms with Gasteiger partial charge in [0.25, 0.3) is 0 Å². The van der Waals surface area contributed by atoms with Crippen molar-refractivity contribution in [3.63, 3.8) is 0 Å². The molecule has 0 spiro atoms. The first-order valence-corrected chi connectivity index (χ1v) is 7.42. The van der Waals surface area contributed by atoms with Crippen LogP contribution < -0.4 is 5.73 Å². The van der Waals surface area contributed by atoms with Crippen LogP contribution in [0.15, 0.2) is 35.5 Å². The number of hydrogen-bond acceptors (Lipinski definition) is 3. The van der Waals surface area contributed by atoms with Crippen LogP contribution in [0.4, 0.5) is 0 Å². The molecule has 2 N–H and O–H groups in total. The van der Waals surface area contributed by atoms with Crippen molar-refractivity contribution in [2.45, 2.75) is 31.2 Å². The van der Waals surface area contributed by atoms with Gasteiger partial charge < -0.3 is 10.3 Å². The molecule has 18 heavy (non-hydrogen) atoms. The zero-order valence-corrected chi connectivity index (χ0v) is 11.7. The van der Waals surface area contributed by atoms with Crippen LogP contribution in [0, 0.1) is 0 Å². The van der Waals surface area contributed by atoms with Gasteiger partial charge in [-0.15, -0.1) is 11.8 Å². The maximum atomic E-state index is 5.91. The maximum absolute atomic E-state index is 5.91. The van der Waals surface area contributed by atoms with Crippen LogP contribution >= 0.6 is 11.8 Å². The molecule has 1 aromatic carbocycles. The highest BCUT2D eigenvalue weighted by Crippen LogP contribution is 2.26. The Morgan fingerprint density at radius 1 is 1.39 bits per heavy atom. The number of nitrogens with zero attached hydrogens (tertiary/aromatic N) is 2. The highest BCUT2D eigenvalue weighted by Gasteiger charge is 2.10. The Labute approximate surface area is 112 Å². The smallest absolute Gasteiger partial charge is 0.113 e. The van der Waals surface area contributed by atoms with E-state index in [1.54, 1.807) is 11.8 Å². The minimum absolute atomic E-state index is 0.552. The quantitative estimate of drug-likeness (QED) is 0.841. The van der Waals surface area contributed by atoms with Gasteiger partial charge in [-0.2, -0.15) is 0 Å². The zero-order chi connectivity index (χ0) is 13.0. The first kappa shape index (κ1) is 13.2. The molecule has 3 nitrogen and oxygen atoms in total. The van der Waals surface area contributed by atoms with E-state index in [9.17, 15) is 0 Å². The third-order valence-corrected chi connectivity index (χ3v) is 3.81. The highest BCUT2D eigenvalue weighted by molar-refractivity contribution is 7.98. The molecule has 0 atom stereocenters. The summed E-state index contributed by atoms with van der Waals surface area (Å²) >= 11 is 1.74. The fraction of sp³-hybridized carbons (Fsp3) is 0.357. The van der Waals surface area contributed by atoms with Crippen LogP contribution in [-0.4, -0.2) is 15.8 Å². The molecule has 0 aliphatic heterocycles. The molecule has 0 saturated heterocycles. The van der Waals surface area contributed by atoms with Gasteiger partial charge in [-0.25, -0.2) is 4.98 Å². The summed E-state index contributed by atoms with van der Waals surface area (Å²) in [6.07, 6.45) is 8.04. The Bertz CT molecular complexity index is 520. The molecule has 0 saturated carbocycles. The summed E-state index contributed by atoms with van der Waals surface area (Å²) in [4.78, 5) is 5.67. The summed E-state index contributed by atoms with van der Waals surface area (Å²) in [7, 11) is 0. The lowest BCUT2D eigenvalue weighted by Crippen LogP contribution is -2.08. The van der Waals surface area contributed by atoms with Gasteiger partial charge >= 0.3 is 0 Å². The van der Waals surface area contributed by atoms with Crippen molar-refractivity contribution >= 4 is 11.8 Å². The topological polar surface area (TPSA) is 43.8 Å². The van der Waals surface area contributed by atoms with E-state index in [0.29, 0.717) is 6.54 Å². The van der Waals surface area contributed by atoms with Gasteiger partial charge in [0.05, 0.1) is 5.69 Å². The lowest BCUT2D eigenvalue weighted by Gasteiger charge is -2.14. The maximum Gasteiger partial charge on any atom is 0.113 e. The molecule has 0 radical (unpaired) electrons. The Kier molecular flexibility index (Phi) is 4.44. The summed E-state index contributed by atoms with van der Waals surface area (Å²) in [5.41, 5.74) is 8.26. The summed E-state index contributed by atoms with van der Waals surface area (Å²) < 4.78 is 2.16. The molecular formula is C14H19N3S. The van der Waals surface area contributed by atoms with Crippen LogP contribution in [-0.2, 0) is 13.0 Å². The molecule has 2 aromatic rings. The van der Waals surface area contributed by atoms with Crippen molar-refractivity contribution in [1.29, 1.82) is 0 Å². The standard InChI is InChI=1S/C14H19N3S/c1-3-5-14-16-8-9-17(14)12-6-4-7-13(18-2)11(12)10-15/h4,6-9H,3,5,10,15H2,1-2H3.